The van der Waals surface area contributed by atoms with Crippen molar-refractivity contribution in [1.82, 2.24) is 20.4 Å². The van der Waals surface area contributed by atoms with Gasteiger partial charge in [-0.3, -0.25) is 29.4 Å². The normalized spacial score (nSPS) is 17.6. The van der Waals surface area contributed by atoms with Crippen LogP contribution in [0.2, 0.25) is 0 Å². The molecule has 3 aliphatic heterocycles. The molecule has 1 unspecified atom stereocenters. The van der Waals surface area contributed by atoms with E-state index in [0.717, 1.165) is 78.0 Å². The smallest absolute Gasteiger partial charge is 0.416 e. The maximum atomic E-state index is 13.2. The van der Waals surface area contributed by atoms with Crippen LogP contribution in [0.1, 0.15) is 55.8 Å². The van der Waals surface area contributed by atoms with Gasteiger partial charge in [-0.25, -0.2) is 0 Å². The summed E-state index contributed by atoms with van der Waals surface area (Å²) < 4.78 is 44.8. The Bertz CT molecular complexity index is 2340. The lowest BCUT2D eigenvalue weighted by molar-refractivity contribution is -0.138. The van der Waals surface area contributed by atoms with Crippen LogP contribution in [0.25, 0.3) is 10.8 Å². The number of piperidine rings is 1. The summed E-state index contributed by atoms with van der Waals surface area (Å²) in [6.07, 6.45) is -3.87. The second kappa shape index (κ2) is 15.1. The van der Waals surface area contributed by atoms with Gasteiger partial charge in [0.05, 0.1) is 5.56 Å². The number of piperazine rings is 1. The first-order valence-corrected chi connectivity index (χ1v) is 18.5. The molecule has 0 saturated carbocycles. The molecule has 56 heavy (non-hydrogen) atoms. The lowest BCUT2D eigenvalue weighted by atomic mass is 10.0. The van der Waals surface area contributed by atoms with Gasteiger partial charge in [0.2, 0.25) is 11.8 Å². The molecule has 13 heteroatoms. The summed E-state index contributed by atoms with van der Waals surface area (Å²) in [6, 6.07) is 28.5. The van der Waals surface area contributed by atoms with E-state index >= 15 is 0 Å². The Morgan fingerprint density at radius 1 is 0.839 bits per heavy atom. The topological polar surface area (TPSA) is 111 Å². The maximum Gasteiger partial charge on any atom is 0.416 e. The third-order valence-electron chi connectivity index (χ3n) is 10.6. The summed E-state index contributed by atoms with van der Waals surface area (Å²) in [5.74, 6) is -0.389. The third-order valence-corrected chi connectivity index (χ3v) is 10.6. The highest BCUT2D eigenvalue weighted by Gasteiger charge is 2.39. The van der Waals surface area contributed by atoms with E-state index in [4.69, 9.17) is 4.74 Å². The number of hydrogen-bond acceptors (Lipinski definition) is 7. The molecule has 286 valence electrons. The molecule has 0 bridgehead atoms. The van der Waals surface area contributed by atoms with Crippen molar-refractivity contribution >= 4 is 40.1 Å². The number of nitrogens with one attached hydrogen (secondary N) is 2. The number of hydrogen-bond donors (Lipinski definition) is 2. The van der Waals surface area contributed by atoms with E-state index in [0.29, 0.717) is 36.4 Å². The molecule has 0 aromatic heterocycles. The van der Waals surface area contributed by atoms with E-state index < -0.39 is 23.7 Å². The van der Waals surface area contributed by atoms with Gasteiger partial charge in [-0.05, 0) is 95.2 Å². The number of amides is 4. The van der Waals surface area contributed by atoms with Crippen LogP contribution in [0.5, 0.6) is 11.5 Å². The fourth-order valence-corrected chi connectivity index (χ4v) is 7.63. The molecule has 0 spiro atoms. The Labute approximate surface area is 320 Å². The zero-order chi connectivity index (χ0) is 39.0. The summed E-state index contributed by atoms with van der Waals surface area (Å²) in [7, 11) is 0. The molecule has 0 radical (unpaired) electrons. The Balaban J connectivity index is 0.834. The number of fused-ring (bicyclic) bond motifs is 2. The first-order chi connectivity index (χ1) is 27.0. The van der Waals surface area contributed by atoms with Gasteiger partial charge in [0.15, 0.2) is 0 Å². The van der Waals surface area contributed by atoms with Gasteiger partial charge >= 0.3 is 6.18 Å². The van der Waals surface area contributed by atoms with Crippen molar-refractivity contribution in [3.8, 4) is 11.5 Å². The molecular formula is C43H38F3N5O5. The minimum Gasteiger partial charge on any atom is -0.457 e. The molecule has 3 heterocycles. The number of anilines is 1. The fourth-order valence-electron chi connectivity index (χ4n) is 7.63. The molecule has 5 aromatic rings. The van der Waals surface area contributed by atoms with Crippen LogP contribution in [-0.4, -0.2) is 65.6 Å². The van der Waals surface area contributed by atoms with E-state index in [9.17, 15) is 32.3 Å². The van der Waals surface area contributed by atoms with Crippen molar-refractivity contribution in [2.75, 3.05) is 31.1 Å². The van der Waals surface area contributed by atoms with Crippen molar-refractivity contribution in [2.24, 2.45) is 0 Å². The maximum absolute atomic E-state index is 13.2. The Morgan fingerprint density at radius 3 is 2.38 bits per heavy atom. The molecule has 5 aromatic carbocycles. The number of halogens is 3. The second-order valence-corrected chi connectivity index (χ2v) is 14.3. The zero-order valence-electron chi connectivity index (χ0n) is 30.3. The van der Waals surface area contributed by atoms with Crippen LogP contribution in [-0.2, 0) is 35.4 Å². The molecule has 2 fully saturated rings. The van der Waals surface area contributed by atoms with Crippen LogP contribution < -0.4 is 20.3 Å². The predicted octanol–water partition coefficient (Wildman–Crippen LogP) is 6.66. The highest BCUT2D eigenvalue weighted by atomic mass is 19.4. The van der Waals surface area contributed by atoms with Crippen molar-refractivity contribution in [2.45, 2.75) is 44.7 Å². The SMILES string of the molecule is O=C1CCC(N2Cc3cc(N4CCN(Cc5cccc(CNC(=O)c6ccc7c(Oc8ccc(C(F)(F)F)cc8)cccc7c6)c5)CC4)ccc3C2=O)C(=O)N1. The van der Waals surface area contributed by atoms with E-state index in [1.165, 1.54) is 12.1 Å². The Hall–Kier alpha value is -6.21. The summed E-state index contributed by atoms with van der Waals surface area (Å²) >= 11 is 0. The first kappa shape index (κ1) is 36.8. The number of imide groups is 1. The average Bonchev–Trinajstić information content (AvgIpc) is 3.52. The van der Waals surface area contributed by atoms with E-state index in [1.807, 2.05) is 36.4 Å². The fraction of sp³-hybridized carbons (Fsp3) is 0.256. The number of nitrogens with zero attached hydrogens (tertiary/aromatic N) is 3. The summed E-state index contributed by atoms with van der Waals surface area (Å²) in [5.41, 5.74) is 4.37. The molecule has 2 N–H and O–H groups in total. The minimum absolute atomic E-state index is 0.176. The van der Waals surface area contributed by atoms with Crippen LogP contribution in [0, 0.1) is 0 Å². The van der Waals surface area contributed by atoms with Gasteiger partial charge in [0.1, 0.15) is 17.5 Å². The largest absolute Gasteiger partial charge is 0.457 e. The van der Waals surface area contributed by atoms with Crippen LogP contribution in [0.3, 0.4) is 0 Å². The molecule has 0 aliphatic carbocycles. The van der Waals surface area contributed by atoms with E-state index in [1.54, 1.807) is 35.2 Å². The number of carbonyl (C=O) groups excluding carboxylic acids is 4. The predicted molar refractivity (Wildman–Crippen MR) is 203 cm³/mol. The van der Waals surface area contributed by atoms with E-state index in [2.05, 4.69) is 32.6 Å². The average molecular weight is 762 g/mol. The van der Waals surface area contributed by atoms with Crippen molar-refractivity contribution < 1.29 is 37.1 Å². The highest BCUT2D eigenvalue weighted by Crippen LogP contribution is 2.34. The van der Waals surface area contributed by atoms with Crippen LogP contribution in [0.4, 0.5) is 18.9 Å². The van der Waals surface area contributed by atoms with Crippen molar-refractivity contribution in [3.05, 3.63) is 137 Å². The van der Waals surface area contributed by atoms with Gasteiger partial charge in [-0.1, -0.05) is 36.4 Å². The van der Waals surface area contributed by atoms with Crippen LogP contribution in [0.15, 0.2) is 103 Å². The Morgan fingerprint density at radius 2 is 1.61 bits per heavy atom. The van der Waals surface area contributed by atoms with Crippen molar-refractivity contribution in [3.63, 3.8) is 0 Å². The van der Waals surface area contributed by atoms with Gasteiger partial charge < -0.3 is 19.9 Å². The number of rotatable bonds is 9. The van der Waals surface area contributed by atoms with Gasteiger partial charge in [0, 0.05) is 74.4 Å². The number of alkyl halides is 3. The third kappa shape index (κ3) is 7.80. The number of carbonyl (C=O) groups is 4. The van der Waals surface area contributed by atoms with Gasteiger partial charge in [-0.15, -0.1) is 0 Å². The highest BCUT2D eigenvalue weighted by molar-refractivity contribution is 6.05. The lowest BCUT2D eigenvalue weighted by Gasteiger charge is -2.36. The molecule has 8 rings (SSSR count). The molecular weight excluding hydrogens is 723 g/mol. The summed E-state index contributed by atoms with van der Waals surface area (Å²) in [6.45, 7) is 4.77. The molecule has 4 amide bonds. The lowest BCUT2D eigenvalue weighted by Crippen LogP contribution is -2.52. The Kier molecular flexibility index (Phi) is 9.94. The molecule has 10 nitrogen and oxygen atoms in total. The minimum atomic E-state index is -4.43. The first-order valence-electron chi connectivity index (χ1n) is 18.5. The monoisotopic (exact) mass is 761 g/mol. The molecule has 3 aliphatic rings. The standard InChI is InChI=1S/C43H38F3N5O5/c44-43(45,46)32-8-11-34(12-9-32)56-38-6-2-5-29-22-30(7-13-35(29)38)40(53)47-24-27-3-1-4-28(21-27)25-49-17-19-50(20-18-49)33-10-14-36-31(23-33)26-51(42(36)55)37-15-16-39(52)48-41(37)54/h1-14,21-23,37H,15-20,24-26H2,(H,47,53)(H,48,52,54). The number of ether oxygens (including phenoxy) is 1. The summed E-state index contributed by atoms with van der Waals surface area (Å²) in [5, 5.41) is 6.84. The zero-order valence-corrected chi connectivity index (χ0v) is 30.3. The van der Waals surface area contributed by atoms with Gasteiger partial charge in [0.25, 0.3) is 11.8 Å². The number of benzene rings is 5. The van der Waals surface area contributed by atoms with Gasteiger partial charge in [-0.2, -0.15) is 13.2 Å². The van der Waals surface area contributed by atoms with Crippen LogP contribution >= 0.6 is 0 Å². The second-order valence-electron chi connectivity index (χ2n) is 14.3. The quantitative estimate of drug-likeness (QED) is 0.162. The summed E-state index contributed by atoms with van der Waals surface area (Å²) in [4.78, 5) is 56.6. The van der Waals surface area contributed by atoms with E-state index in [-0.39, 0.29) is 29.9 Å². The van der Waals surface area contributed by atoms with Crippen molar-refractivity contribution in [1.29, 1.82) is 0 Å². The molecule has 1 atom stereocenters. The molecule has 2 saturated heterocycles.